The molecule has 2 rings (SSSR count). The molecule has 1 aromatic carbocycles. The van der Waals surface area contributed by atoms with Crippen LogP contribution in [0.5, 0.6) is 5.75 Å². The van der Waals surface area contributed by atoms with Gasteiger partial charge in [-0.15, -0.1) is 0 Å². The molecule has 0 aromatic heterocycles. The van der Waals surface area contributed by atoms with Crippen LogP contribution in [0.2, 0.25) is 0 Å². The maximum atomic E-state index is 11.5. The lowest BCUT2D eigenvalue weighted by Crippen LogP contribution is -2.44. The average Bonchev–Trinajstić information content (AvgIpc) is 2.17. The molecule has 0 aliphatic carbocycles. The van der Waals surface area contributed by atoms with Crippen molar-refractivity contribution < 1.29 is 14.6 Å². The largest absolute Gasteiger partial charge is 0.508 e. The van der Waals surface area contributed by atoms with Gasteiger partial charge in [-0.2, -0.15) is 0 Å². The lowest BCUT2D eigenvalue weighted by molar-refractivity contribution is 0.131. The Bertz CT molecular complexity index is 378. The SMILES string of the molecule is CC1CCOC(=O)N1c1cccc(O)c1. The fourth-order valence-corrected chi connectivity index (χ4v) is 1.70. The molecule has 0 saturated carbocycles. The summed E-state index contributed by atoms with van der Waals surface area (Å²) in [7, 11) is 0. The summed E-state index contributed by atoms with van der Waals surface area (Å²) in [5, 5.41) is 9.34. The number of phenols is 1. The summed E-state index contributed by atoms with van der Waals surface area (Å²) in [5.74, 6) is 0.151. The van der Waals surface area contributed by atoms with Crippen LogP contribution in [0.15, 0.2) is 24.3 Å². The summed E-state index contributed by atoms with van der Waals surface area (Å²) in [6.45, 7) is 2.43. The Kier molecular flexibility index (Phi) is 2.49. The van der Waals surface area contributed by atoms with Crippen molar-refractivity contribution in [1.82, 2.24) is 0 Å². The van der Waals surface area contributed by atoms with Gasteiger partial charge in [-0.1, -0.05) is 6.07 Å². The topological polar surface area (TPSA) is 49.8 Å². The van der Waals surface area contributed by atoms with Gasteiger partial charge in [-0.05, 0) is 19.1 Å². The van der Waals surface area contributed by atoms with Gasteiger partial charge in [-0.3, -0.25) is 4.90 Å². The van der Waals surface area contributed by atoms with Gasteiger partial charge in [0.2, 0.25) is 0 Å². The van der Waals surface area contributed by atoms with Gasteiger partial charge in [0.25, 0.3) is 0 Å². The van der Waals surface area contributed by atoms with Crippen LogP contribution in [0, 0.1) is 0 Å². The Morgan fingerprint density at radius 1 is 1.53 bits per heavy atom. The number of benzene rings is 1. The highest BCUT2D eigenvalue weighted by Crippen LogP contribution is 2.25. The minimum atomic E-state index is -0.348. The van der Waals surface area contributed by atoms with E-state index < -0.39 is 0 Å². The quantitative estimate of drug-likeness (QED) is 0.767. The number of hydrogen-bond donors (Lipinski definition) is 1. The van der Waals surface area contributed by atoms with Gasteiger partial charge in [-0.25, -0.2) is 4.79 Å². The maximum Gasteiger partial charge on any atom is 0.414 e. The molecule has 1 aliphatic heterocycles. The second kappa shape index (κ2) is 3.81. The van der Waals surface area contributed by atoms with Gasteiger partial charge < -0.3 is 9.84 Å². The van der Waals surface area contributed by atoms with Crippen molar-refractivity contribution >= 4 is 11.8 Å². The first-order valence-electron chi connectivity index (χ1n) is 4.93. The van der Waals surface area contributed by atoms with E-state index in [2.05, 4.69) is 0 Å². The van der Waals surface area contributed by atoms with Gasteiger partial charge in [0.15, 0.2) is 0 Å². The van der Waals surface area contributed by atoms with Crippen molar-refractivity contribution in [2.45, 2.75) is 19.4 Å². The number of carbonyl (C=O) groups excluding carboxylic acids is 1. The third kappa shape index (κ3) is 1.88. The highest BCUT2D eigenvalue weighted by Gasteiger charge is 2.27. The standard InChI is InChI=1S/C11H13NO3/c1-8-5-6-15-11(14)12(8)9-3-2-4-10(13)7-9/h2-4,7-8,13H,5-6H2,1H3. The predicted octanol–water partition coefficient (Wildman–Crippen LogP) is 2.13. The minimum absolute atomic E-state index is 0.105. The number of ether oxygens (including phenoxy) is 1. The first-order chi connectivity index (χ1) is 7.18. The lowest BCUT2D eigenvalue weighted by Gasteiger charge is -2.32. The second-order valence-electron chi connectivity index (χ2n) is 3.64. The van der Waals surface area contributed by atoms with Crippen molar-refractivity contribution in [1.29, 1.82) is 0 Å². The Labute approximate surface area is 88.1 Å². The number of amides is 1. The minimum Gasteiger partial charge on any atom is -0.508 e. The normalized spacial score (nSPS) is 21.3. The molecule has 1 unspecified atom stereocenters. The molecule has 1 N–H and O–H groups in total. The molecule has 1 fully saturated rings. The van der Waals surface area contributed by atoms with Crippen LogP contribution in [-0.2, 0) is 4.74 Å². The second-order valence-corrected chi connectivity index (χ2v) is 3.64. The zero-order valence-electron chi connectivity index (χ0n) is 8.51. The van der Waals surface area contributed by atoms with Gasteiger partial charge >= 0.3 is 6.09 Å². The van der Waals surface area contributed by atoms with Crippen LogP contribution in [0.1, 0.15) is 13.3 Å². The molecular formula is C11H13NO3. The molecule has 1 aliphatic rings. The van der Waals surface area contributed by atoms with E-state index in [4.69, 9.17) is 4.74 Å². The molecule has 4 heteroatoms. The van der Waals surface area contributed by atoms with Crippen LogP contribution in [0.3, 0.4) is 0 Å². The summed E-state index contributed by atoms with van der Waals surface area (Å²) < 4.78 is 4.96. The summed E-state index contributed by atoms with van der Waals surface area (Å²) in [4.78, 5) is 13.1. The molecule has 15 heavy (non-hydrogen) atoms. The first-order valence-corrected chi connectivity index (χ1v) is 4.93. The summed E-state index contributed by atoms with van der Waals surface area (Å²) in [6.07, 6.45) is 0.459. The van der Waals surface area contributed by atoms with E-state index in [0.717, 1.165) is 6.42 Å². The van der Waals surface area contributed by atoms with E-state index in [1.165, 1.54) is 0 Å². The first kappa shape index (κ1) is 9.83. The van der Waals surface area contributed by atoms with Gasteiger partial charge in [0.05, 0.1) is 12.3 Å². The average molecular weight is 207 g/mol. The van der Waals surface area contributed by atoms with Gasteiger partial charge in [0, 0.05) is 18.5 Å². The van der Waals surface area contributed by atoms with Crippen LogP contribution >= 0.6 is 0 Å². The highest BCUT2D eigenvalue weighted by atomic mass is 16.6. The Hall–Kier alpha value is -1.71. The molecule has 1 aromatic rings. The maximum absolute atomic E-state index is 11.5. The Morgan fingerprint density at radius 3 is 3.00 bits per heavy atom. The fraction of sp³-hybridized carbons (Fsp3) is 0.364. The third-order valence-corrected chi connectivity index (χ3v) is 2.51. The predicted molar refractivity (Wildman–Crippen MR) is 56.0 cm³/mol. The summed E-state index contributed by atoms with van der Waals surface area (Å²) in [6, 6.07) is 6.72. The molecule has 1 amide bonds. The molecule has 0 radical (unpaired) electrons. The highest BCUT2D eigenvalue weighted by molar-refractivity contribution is 5.89. The summed E-state index contributed by atoms with van der Waals surface area (Å²) >= 11 is 0. The molecule has 1 heterocycles. The third-order valence-electron chi connectivity index (χ3n) is 2.51. The summed E-state index contributed by atoms with van der Waals surface area (Å²) in [5.41, 5.74) is 0.673. The molecular weight excluding hydrogens is 194 g/mol. The molecule has 0 bridgehead atoms. The monoisotopic (exact) mass is 207 g/mol. The van der Waals surface area contributed by atoms with E-state index >= 15 is 0 Å². The smallest absolute Gasteiger partial charge is 0.414 e. The van der Waals surface area contributed by atoms with Crippen molar-refractivity contribution in [3.63, 3.8) is 0 Å². The Balaban J connectivity index is 2.31. The van der Waals surface area contributed by atoms with E-state index in [0.29, 0.717) is 12.3 Å². The van der Waals surface area contributed by atoms with Crippen LogP contribution in [-0.4, -0.2) is 23.8 Å². The van der Waals surface area contributed by atoms with Crippen molar-refractivity contribution in [2.24, 2.45) is 0 Å². The van der Waals surface area contributed by atoms with Crippen molar-refractivity contribution in [3.05, 3.63) is 24.3 Å². The lowest BCUT2D eigenvalue weighted by atomic mass is 10.1. The number of anilines is 1. The Morgan fingerprint density at radius 2 is 2.33 bits per heavy atom. The molecule has 1 saturated heterocycles. The molecule has 0 spiro atoms. The van der Waals surface area contributed by atoms with E-state index in [9.17, 15) is 9.90 Å². The van der Waals surface area contributed by atoms with E-state index in [-0.39, 0.29) is 17.9 Å². The van der Waals surface area contributed by atoms with Crippen LogP contribution in [0.4, 0.5) is 10.5 Å². The van der Waals surface area contributed by atoms with Crippen molar-refractivity contribution in [2.75, 3.05) is 11.5 Å². The number of rotatable bonds is 1. The molecule has 1 atom stereocenters. The van der Waals surface area contributed by atoms with Gasteiger partial charge in [0.1, 0.15) is 5.75 Å². The fourth-order valence-electron chi connectivity index (χ4n) is 1.70. The zero-order chi connectivity index (χ0) is 10.8. The number of cyclic esters (lactones) is 1. The van der Waals surface area contributed by atoms with Crippen LogP contribution < -0.4 is 4.90 Å². The zero-order valence-corrected chi connectivity index (χ0v) is 8.51. The number of nitrogens with zero attached hydrogens (tertiary/aromatic N) is 1. The van der Waals surface area contributed by atoms with E-state index in [1.54, 1.807) is 29.2 Å². The number of phenolic OH excluding ortho intramolecular Hbond substituents is 1. The number of carbonyl (C=O) groups is 1. The van der Waals surface area contributed by atoms with Crippen molar-refractivity contribution in [3.8, 4) is 5.75 Å². The number of hydrogen-bond acceptors (Lipinski definition) is 3. The number of aromatic hydroxyl groups is 1. The molecule has 80 valence electrons. The van der Waals surface area contributed by atoms with E-state index in [1.807, 2.05) is 6.92 Å². The molecule has 4 nitrogen and oxygen atoms in total. The van der Waals surface area contributed by atoms with Crippen LogP contribution in [0.25, 0.3) is 0 Å².